The molecule has 1 heterocycles. The van der Waals surface area contributed by atoms with E-state index in [2.05, 4.69) is 17.0 Å². The van der Waals surface area contributed by atoms with Crippen LogP contribution in [0.15, 0.2) is 66.1 Å². The van der Waals surface area contributed by atoms with Crippen molar-refractivity contribution >= 4 is 39.0 Å². The van der Waals surface area contributed by atoms with Gasteiger partial charge in [-0.3, -0.25) is 13.8 Å². The molecule has 0 aliphatic rings. The van der Waals surface area contributed by atoms with Crippen LogP contribution in [-0.2, 0) is 17.1 Å². The normalized spacial score (nSPS) is 11.1. The largest absolute Gasteiger partial charge is 0.495 e. The van der Waals surface area contributed by atoms with E-state index in [0.29, 0.717) is 17.3 Å². The summed E-state index contributed by atoms with van der Waals surface area (Å²) in [6, 6.07) is 12.4. The molecule has 0 spiro atoms. The number of carbonyl (C=O) groups excluding carboxylic acids is 1. The summed E-state index contributed by atoms with van der Waals surface area (Å²) in [5.41, 5.74) is 1.09. The van der Waals surface area contributed by atoms with Crippen LogP contribution in [0.1, 0.15) is 16.1 Å². The summed E-state index contributed by atoms with van der Waals surface area (Å²) in [4.78, 5) is 12.8. The molecule has 3 aromatic rings. The Bertz CT molecular complexity index is 1270. The van der Waals surface area contributed by atoms with E-state index in [1.807, 2.05) is 0 Å². The van der Waals surface area contributed by atoms with Crippen LogP contribution in [0.25, 0.3) is 0 Å². The molecule has 0 bridgehead atoms. The lowest BCUT2D eigenvalue weighted by atomic mass is 10.2. The number of nitrogens with zero attached hydrogens (tertiary/aromatic N) is 3. The lowest BCUT2D eigenvalue weighted by molar-refractivity contribution is 0.102. The van der Waals surface area contributed by atoms with E-state index in [9.17, 15) is 13.2 Å². The van der Waals surface area contributed by atoms with Crippen LogP contribution in [0.3, 0.4) is 0 Å². The second-order valence-electron chi connectivity index (χ2n) is 6.89. The van der Waals surface area contributed by atoms with E-state index in [1.165, 1.54) is 36.1 Å². The van der Waals surface area contributed by atoms with Crippen LogP contribution in [0.2, 0.25) is 5.02 Å². The second kappa shape index (κ2) is 9.46. The Kier molecular flexibility index (Phi) is 6.90. The predicted octanol–water partition coefficient (Wildman–Crippen LogP) is 4.02. The monoisotopic (exact) mass is 474 g/mol. The zero-order valence-electron chi connectivity index (χ0n) is 17.9. The molecule has 2 aromatic carbocycles. The number of hydrogen-bond acceptors (Lipinski definition) is 5. The van der Waals surface area contributed by atoms with Crippen molar-refractivity contribution in [1.82, 2.24) is 9.78 Å². The molecular weight excluding hydrogens is 452 g/mol. The molecule has 0 fully saturated rings. The van der Waals surface area contributed by atoms with Crippen molar-refractivity contribution in [2.24, 2.45) is 7.05 Å². The van der Waals surface area contributed by atoms with Crippen LogP contribution in [0, 0.1) is 6.92 Å². The topological polar surface area (TPSA) is 93.5 Å². The minimum Gasteiger partial charge on any atom is -0.495 e. The van der Waals surface area contributed by atoms with E-state index in [-0.39, 0.29) is 22.0 Å². The molecule has 168 valence electrons. The number of aromatic nitrogens is 2. The average Bonchev–Trinajstić information content (AvgIpc) is 3.08. The summed E-state index contributed by atoms with van der Waals surface area (Å²) in [6.45, 7) is 5.46. The van der Waals surface area contributed by atoms with Crippen molar-refractivity contribution in [2.75, 3.05) is 23.3 Å². The number of sulfonamides is 1. The van der Waals surface area contributed by atoms with Gasteiger partial charge in [-0.1, -0.05) is 29.8 Å². The molecule has 0 aliphatic carbocycles. The van der Waals surface area contributed by atoms with Crippen LogP contribution >= 0.6 is 11.6 Å². The number of para-hydroxylation sites is 2. The first kappa shape index (κ1) is 23.4. The van der Waals surface area contributed by atoms with Crippen molar-refractivity contribution in [3.63, 3.8) is 0 Å². The Labute approximate surface area is 192 Å². The van der Waals surface area contributed by atoms with Crippen molar-refractivity contribution in [1.29, 1.82) is 0 Å². The summed E-state index contributed by atoms with van der Waals surface area (Å²) < 4.78 is 35.1. The Morgan fingerprint density at radius 3 is 2.62 bits per heavy atom. The fourth-order valence-electron chi connectivity index (χ4n) is 3.16. The van der Waals surface area contributed by atoms with Crippen molar-refractivity contribution in [3.8, 4) is 5.75 Å². The van der Waals surface area contributed by atoms with Crippen molar-refractivity contribution in [2.45, 2.75) is 11.8 Å². The number of benzene rings is 2. The van der Waals surface area contributed by atoms with E-state index < -0.39 is 15.9 Å². The zero-order chi connectivity index (χ0) is 23.5. The van der Waals surface area contributed by atoms with Crippen LogP contribution in [-0.4, -0.2) is 37.8 Å². The Hall–Kier alpha value is -3.30. The number of rotatable bonds is 8. The lowest BCUT2D eigenvalue weighted by Gasteiger charge is -2.25. The number of carbonyl (C=O) groups is 1. The van der Waals surface area contributed by atoms with Gasteiger partial charge in [0, 0.05) is 13.1 Å². The summed E-state index contributed by atoms with van der Waals surface area (Å²) in [5, 5.41) is 7.00. The third kappa shape index (κ3) is 4.63. The molecule has 10 heteroatoms. The maximum absolute atomic E-state index is 13.5. The highest BCUT2D eigenvalue weighted by Gasteiger charge is 2.28. The maximum atomic E-state index is 13.5. The highest BCUT2D eigenvalue weighted by atomic mass is 35.5. The maximum Gasteiger partial charge on any atom is 0.264 e. The van der Waals surface area contributed by atoms with Crippen LogP contribution in [0.4, 0.5) is 11.5 Å². The molecule has 8 nitrogen and oxygen atoms in total. The summed E-state index contributed by atoms with van der Waals surface area (Å²) in [6.07, 6.45) is 1.47. The number of anilines is 2. The minimum absolute atomic E-state index is 0.00115. The first-order chi connectivity index (χ1) is 15.2. The first-order valence-corrected chi connectivity index (χ1v) is 11.4. The van der Waals surface area contributed by atoms with Gasteiger partial charge >= 0.3 is 0 Å². The van der Waals surface area contributed by atoms with E-state index in [1.54, 1.807) is 44.3 Å². The molecule has 32 heavy (non-hydrogen) atoms. The molecule has 1 aromatic heterocycles. The zero-order valence-corrected chi connectivity index (χ0v) is 19.4. The second-order valence-corrected chi connectivity index (χ2v) is 9.16. The highest BCUT2D eigenvalue weighted by Crippen LogP contribution is 2.33. The van der Waals surface area contributed by atoms with Gasteiger partial charge < -0.3 is 10.1 Å². The number of halogens is 1. The van der Waals surface area contributed by atoms with Gasteiger partial charge in [-0.05, 0) is 37.3 Å². The molecule has 1 N–H and O–H groups in total. The molecule has 0 aliphatic heterocycles. The quantitative estimate of drug-likeness (QED) is 0.497. The molecule has 1 amide bonds. The first-order valence-electron chi connectivity index (χ1n) is 9.57. The minimum atomic E-state index is -4.07. The molecule has 0 saturated heterocycles. The van der Waals surface area contributed by atoms with Gasteiger partial charge in [0.05, 0.1) is 40.5 Å². The highest BCUT2D eigenvalue weighted by molar-refractivity contribution is 7.92. The van der Waals surface area contributed by atoms with E-state index in [0.717, 1.165) is 10.00 Å². The Balaban J connectivity index is 2.03. The predicted molar refractivity (Wildman–Crippen MR) is 125 cm³/mol. The number of nitrogens with one attached hydrogen (secondary N) is 1. The number of hydrogen-bond donors (Lipinski definition) is 1. The summed E-state index contributed by atoms with van der Waals surface area (Å²) >= 11 is 6.23. The smallest absolute Gasteiger partial charge is 0.264 e. The molecule has 0 saturated carbocycles. The number of methoxy groups -OCH3 is 1. The third-order valence-corrected chi connectivity index (χ3v) is 6.77. The van der Waals surface area contributed by atoms with Crippen molar-refractivity contribution in [3.05, 3.63) is 77.5 Å². The fourth-order valence-corrected chi connectivity index (χ4v) is 4.83. The Morgan fingerprint density at radius 2 is 2.00 bits per heavy atom. The molecular formula is C22H23ClN4O4S. The fraction of sp³-hybridized carbons (Fsp3) is 0.182. The van der Waals surface area contributed by atoms with Gasteiger partial charge in [-0.25, -0.2) is 8.42 Å². The van der Waals surface area contributed by atoms with Crippen LogP contribution in [0.5, 0.6) is 5.75 Å². The van der Waals surface area contributed by atoms with Crippen LogP contribution < -0.4 is 14.4 Å². The van der Waals surface area contributed by atoms with Gasteiger partial charge in [-0.2, -0.15) is 5.10 Å². The van der Waals surface area contributed by atoms with Gasteiger partial charge in [0.1, 0.15) is 11.6 Å². The standard InChI is InChI=1S/C22H23ClN4O4S/c1-5-12-27(19-8-6-7-9-20(19)31-4)32(29,30)16-10-11-18(23)17(14-16)22(28)24-21-13-15(2)25-26(21)3/h5-11,13-14H,1,12H2,2-4H3,(H,24,28). The van der Waals surface area contributed by atoms with E-state index >= 15 is 0 Å². The Morgan fingerprint density at radius 1 is 1.28 bits per heavy atom. The van der Waals surface area contributed by atoms with Crippen molar-refractivity contribution < 1.29 is 17.9 Å². The number of aryl methyl sites for hydroxylation is 2. The summed E-state index contributed by atoms with van der Waals surface area (Å²) in [7, 11) is -0.926. The average molecular weight is 475 g/mol. The third-order valence-electron chi connectivity index (χ3n) is 4.66. The van der Waals surface area contributed by atoms with Gasteiger partial charge in [0.2, 0.25) is 0 Å². The number of ether oxygens (including phenoxy) is 1. The van der Waals surface area contributed by atoms with E-state index in [4.69, 9.17) is 16.3 Å². The molecule has 3 rings (SSSR count). The molecule has 0 unspecified atom stereocenters. The van der Waals surface area contributed by atoms with Gasteiger partial charge in [0.15, 0.2) is 0 Å². The number of amides is 1. The lowest BCUT2D eigenvalue weighted by Crippen LogP contribution is -2.31. The van der Waals surface area contributed by atoms with Gasteiger partial charge in [-0.15, -0.1) is 6.58 Å². The molecule has 0 atom stereocenters. The van der Waals surface area contributed by atoms with Gasteiger partial charge in [0.25, 0.3) is 15.9 Å². The SMILES string of the molecule is C=CCN(c1ccccc1OC)S(=O)(=O)c1ccc(Cl)c(C(=O)Nc2cc(C)nn2C)c1. The summed E-state index contributed by atoms with van der Waals surface area (Å²) in [5.74, 6) is 0.290. The molecule has 0 radical (unpaired) electrons.